The van der Waals surface area contributed by atoms with Crippen molar-refractivity contribution in [2.24, 2.45) is 10.7 Å². The quantitative estimate of drug-likeness (QED) is 0.428. The average Bonchev–Trinajstić information content (AvgIpc) is 2.47. The van der Waals surface area contributed by atoms with Crippen molar-refractivity contribution in [2.45, 2.75) is 6.92 Å². The van der Waals surface area contributed by atoms with Crippen LogP contribution in [0.3, 0.4) is 0 Å². The first kappa shape index (κ1) is 13.1. The van der Waals surface area contributed by atoms with Crippen LogP contribution in [0.2, 0.25) is 0 Å². The molecule has 0 aliphatic carbocycles. The van der Waals surface area contributed by atoms with Gasteiger partial charge in [0.1, 0.15) is 11.7 Å². The number of hydrogen-bond donors (Lipinski definition) is 2. The van der Waals surface area contributed by atoms with E-state index in [-0.39, 0.29) is 0 Å². The van der Waals surface area contributed by atoms with Crippen molar-refractivity contribution in [1.29, 1.82) is 0 Å². The number of para-hydroxylation sites is 2. The molecule has 1 aromatic heterocycles. The van der Waals surface area contributed by atoms with Crippen LogP contribution in [0.5, 0.6) is 0 Å². The molecule has 0 radical (unpaired) electrons. The minimum Gasteiger partial charge on any atom is -0.398 e. The number of amidine groups is 1. The summed E-state index contributed by atoms with van der Waals surface area (Å²) in [5.41, 5.74) is 14.1. The van der Waals surface area contributed by atoms with E-state index in [2.05, 4.69) is 15.0 Å². The minimum atomic E-state index is 0.344. The minimum absolute atomic E-state index is 0.344. The second kappa shape index (κ2) is 5.20. The molecule has 5 heteroatoms. The molecule has 0 unspecified atom stereocenters. The zero-order valence-corrected chi connectivity index (χ0v) is 11.6. The Labute approximate surface area is 122 Å². The molecule has 0 atom stereocenters. The molecule has 5 nitrogen and oxygen atoms in total. The Morgan fingerprint density at radius 1 is 1.00 bits per heavy atom. The van der Waals surface area contributed by atoms with Crippen molar-refractivity contribution in [1.82, 2.24) is 9.97 Å². The van der Waals surface area contributed by atoms with E-state index in [0.717, 1.165) is 10.9 Å². The van der Waals surface area contributed by atoms with Crippen molar-refractivity contribution in [3.05, 3.63) is 59.9 Å². The van der Waals surface area contributed by atoms with E-state index in [1.165, 1.54) is 0 Å². The average molecular weight is 277 g/mol. The number of nitrogens with two attached hydrogens (primary N) is 2. The molecule has 0 saturated heterocycles. The zero-order valence-electron chi connectivity index (χ0n) is 11.6. The van der Waals surface area contributed by atoms with Crippen LogP contribution in [0.15, 0.2) is 53.5 Å². The molecular weight excluding hydrogens is 262 g/mol. The normalized spacial score (nSPS) is 11.8. The van der Waals surface area contributed by atoms with Crippen LogP contribution in [0.25, 0.3) is 10.9 Å². The van der Waals surface area contributed by atoms with Gasteiger partial charge in [-0.25, -0.2) is 15.0 Å². The summed E-state index contributed by atoms with van der Waals surface area (Å²) in [6.45, 7) is 1.83. The van der Waals surface area contributed by atoms with Crippen molar-refractivity contribution >= 4 is 28.2 Å². The van der Waals surface area contributed by atoms with Gasteiger partial charge in [0, 0.05) is 16.6 Å². The summed E-state index contributed by atoms with van der Waals surface area (Å²) in [6.07, 6.45) is 0. The van der Waals surface area contributed by atoms with E-state index in [4.69, 9.17) is 11.5 Å². The molecule has 0 amide bonds. The summed E-state index contributed by atoms with van der Waals surface area (Å²) in [7, 11) is 0. The van der Waals surface area contributed by atoms with Gasteiger partial charge in [0.2, 0.25) is 0 Å². The van der Waals surface area contributed by atoms with E-state index >= 15 is 0 Å². The number of nitrogens with zero attached hydrogens (tertiary/aromatic N) is 3. The van der Waals surface area contributed by atoms with Gasteiger partial charge in [-0.2, -0.15) is 0 Å². The van der Waals surface area contributed by atoms with Gasteiger partial charge < -0.3 is 11.5 Å². The highest BCUT2D eigenvalue weighted by molar-refractivity contribution is 6.04. The summed E-state index contributed by atoms with van der Waals surface area (Å²) < 4.78 is 0. The molecule has 0 spiro atoms. The number of anilines is 1. The number of hydrogen-bond acceptors (Lipinski definition) is 4. The fraction of sp³-hybridized carbons (Fsp3) is 0.0625. The molecule has 0 aliphatic rings. The lowest BCUT2D eigenvalue weighted by Gasteiger charge is -2.06. The van der Waals surface area contributed by atoms with Crippen LogP contribution in [0.4, 0.5) is 11.5 Å². The van der Waals surface area contributed by atoms with Crippen molar-refractivity contribution in [3.8, 4) is 0 Å². The topological polar surface area (TPSA) is 90.2 Å². The zero-order chi connectivity index (χ0) is 14.8. The second-order valence-electron chi connectivity index (χ2n) is 4.70. The fourth-order valence-electron chi connectivity index (χ4n) is 2.16. The van der Waals surface area contributed by atoms with Gasteiger partial charge in [0.25, 0.3) is 0 Å². The van der Waals surface area contributed by atoms with Gasteiger partial charge in [-0.05, 0) is 31.2 Å². The fourth-order valence-corrected chi connectivity index (χ4v) is 2.16. The van der Waals surface area contributed by atoms with Crippen LogP contribution < -0.4 is 11.5 Å². The molecule has 0 fully saturated rings. The van der Waals surface area contributed by atoms with Gasteiger partial charge in [0.05, 0.1) is 5.52 Å². The predicted molar refractivity (Wildman–Crippen MR) is 85.5 cm³/mol. The van der Waals surface area contributed by atoms with E-state index in [9.17, 15) is 0 Å². The molecule has 0 bridgehead atoms. The number of aryl methyl sites for hydroxylation is 1. The van der Waals surface area contributed by atoms with Gasteiger partial charge in [-0.3, -0.25) is 0 Å². The van der Waals surface area contributed by atoms with Crippen LogP contribution in [-0.2, 0) is 0 Å². The Morgan fingerprint density at radius 3 is 2.52 bits per heavy atom. The Hall–Kier alpha value is -2.95. The lowest BCUT2D eigenvalue weighted by molar-refractivity contribution is 1.08. The maximum atomic E-state index is 6.08. The number of aliphatic imine (C=N–C) groups is 1. The van der Waals surface area contributed by atoms with Crippen LogP contribution in [0.1, 0.15) is 11.4 Å². The van der Waals surface area contributed by atoms with E-state index in [1.54, 1.807) is 6.07 Å². The first-order chi connectivity index (χ1) is 10.1. The van der Waals surface area contributed by atoms with Crippen LogP contribution >= 0.6 is 0 Å². The summed E-state index contributed by atoms with van der Waals surface area (Å²) in [5.74, 6) is 1.55. The third kappa shape index (κ3) is 2.53. The molecule has 3 rings (SSSR count). The van der Waals surface area contributed by atoms with E-state index in [1.807, 2.05) is 49.4 Å². The molecule has 3 aromatic rings. The number of benzene rings is 2. The van der Waals surface area contributed by atoms with Gasteiger partial charge >= 0.3 is 0 Å². The highest BCUT2D eigenvalue weighted by Crippen LogP contribution is 2.23. The molecule has 1 heterocycles. The van der Waals surface area contributed by atoms with E-state index < -0.39 is 0 Å². The summed E-state index contributed by atoms with van der Waals surface area (Å²) >= 11 is 0. The maximum absolute atomic E-state index is 6.08. The molecule has 0 aliphatic heterocycles. The van der Waals surface area contributed by atoms with Gasteiger partial charge in [-0.15, -0.1) is 0 Å². The highest BCUT2D eigenvalue weighted by atomic mass is 15.0. The molecule has 104 valence electrons. The summed E-state index contributed by atoms with van der Waals surface area (Å²) in [6, 6.07) is 15.1. The predicted octanol–water partition coefficient (Wildman–Crippen LogP) is 2.56. The smallest absolute Gasteiger partial charge is 0.165 e. The number of nitrogen functional groups attached to an aromatic ring is 1. The number of fused-ring (bicyclic) bond motifs is 1. The van der Waals surface area contributed by atoms with Crippen molar-refractivity contribution in [2.75, 3.05) is 5.73 Å². The van der Waals surface area contributed by atoms with Crippen LogP contribution in [-0.4, -0.2) is 15.8 Å². The Bertz CT molecular complexity index is 839. The number of aromatic nitrogens is 2. The first-order valence-electron chi connectivity index (χ1n) is 6.57. The second-order valence-corrected chi connectivity index (χ2v) is 4.70. The monoisotopic (exact) mass is 277 g/mol. The third-order valence-electron chi connectivity index (χ3n) is 3.16. The SMILES string of the molecule is Cc1nc(N=C(N)c2ccccc2N)c2ccccc2n1. The molecular formula is C16H15N5. The van der Waals surface area contributed by atoms with Crippen LogP contribution in [0, 0.1) is 6.92 Å². The Morgan fingerprint density at radius 2 is 1.71 bits per heavy atom. The Kier molecular flexibility index (Phi) is 3.23. The third-order valence-corrected chi connectivity index (χ3v) is 3.16. The van der Waals surface area contributed by atoms with Crippen molar-refractivity contribution < 1.29 is 0 Å². The highest BCUT2D eigenvalue weighted by Gasteiger charge is 2.07. The van der Waals surface area contributed by atoms with Gasteiger partial charge in [-0.1, -0.05) is 24.3 Å². The van der Waals surface area contributed by atoms with Gasteiger partial charge in [0.15, 0.2) is 5.82 Å². The Balaban J connectivity index is 2.17. The summed E-state index contributed by atoms with van der Waals surface area (Å²) in [4.78, 5) is 13.2. The van der Waals surface area contributed by atoms with Crippen molar-refractivity contribution in [3.63, 3.8) is 0 Å². The standard InChI is InChI=1S/C16H15N5/c1-10-19-14-9-5-3-7-12(14)16(20-10)21-15(18)11-6-2-4-8-13(11)17/h2-9H,17H2,1H3,(H2,18,19,20,21). The number of rotatable bonds is 2. The first-order valence-corrected chi connectivity index (χ1v) is 6.57. The largest absolute Gasteiger partial charge is 0.398 e. The molecule has 21 heavy (non-hydrogen) atoms. The summed E-state index contributed by atoms with van der Waals surface area (Å²) in [5, 5.41) is 0.862. The lowest BCUT2D eigenvalue weighted by atomic mass is 10.1. The van der Waals surface area contributed by atoms with E-state index in [0.29, 0.717) is 28.7 Å². The molecule has 2 aromatic carbocycles. The molecule has 4 N–H and O–H groups in total. The lowest BCUT2D eigenvalue weighted by Crippen LogP contribution is -2.15. The maximum Gasteiger partial charge on any atom is 0.165 e. The molecule has 0 saturated carbocycles.